The van der Waals surface area contributed by atoms with Crippen LogP contribution in [0.1, 0.15) is 40.5 Å². The van der Waals surface area contributed by atoms with Gasteiger partial charge >= 0.3 is 0 Å². The summed E-state index contributed by atoms with van der Waals surface area (Å²) in [5, 5.41) is 0. The topological polar surface area (TPSA) is 83.7 Å². The van der Waals surface area contributed by atoms with Crippen molar-refractivity contribution in [2.45, 2.75) is 52.6 Å². The lowest BCUT2D eigenvalue weighted by Gasteiger charge is -2.43. The van der Waals surface area contributed by atoms with Gasteiger partial charge in [-0.1, -0.05) is 27.7 Å². The summed E-state index contributed by atoms with van der Waals surface area (Å²) in [6, 6.07) is 0.000511. The minimum atomic E-state index is -2.99. The molecule has 0 aromatic heterocycles. The Hall–Kier alpha value is -0.370. The molecule has 25 heavy (non-hydrogen) atoms. The van der Waals surface area contributed by atoms with E-state index in [0.29, 0.717) is 25.4 Å². The van der Waals surface area contributed by atoms with Crippen molar-refractivity contribution in [2.24, 2.45) is 17.1 Å². The van der Waals surface area contributed by atoms with Crippen molar-refractivity contribution in [1.29, 1.82) is 0 Å². The lowest BCUT2D eigenvalue weighted by molar-refractivity contribution is -0.135. The Kier molecular flexibility index (Phi) is 7.75. The van der Waals surface area contributed by atoms with Crippen molar-refractivity contribution >= 4 is 28.2 Å². The molecule has 0 saturated carbocycles. The van der Waals surface area contributed by atoms with Crippen LogP contribution in [0.4, 0.5) is 0 Å². The van der Waals surface area contributed by atoms with Gasteiger partial charge in [0.2, 0.25) is 5.91 Å². The van der Waals surface area contributed by atoms with E-state index in [1.165, 1.54) is 0 Å². The highest BCUT2D eigenvalue weighted by Crippen LogP contribution is 2.28. The maximum absolute atomic E-state index is 12.9. The number of hydrogen-bond donors (Lipinski definition) is 1. The number of nitrogens with two attached hydrogens (primary N) is 1. The van der Waals surface area contributed by atoms with Gasteiger partial charge in [0, 0.05) is 31.7 Å². The predicted octanol–water partition coefficient (Wildman–Crippen LogP) is 1.14. The predicted molar refractivity (Wildman–Crippen MR) is 104 cm³/mol. The lowest BCUT2D eigenvalue weighted by atomic mass is 9.80. The molecule has 0 aromatic carbocycles. The zero-order valence-corrected chi connectivity index (χ0v) is 17.5. The van der Waals surface area contributed by atoms with E-state index in [4.69, 9.17) is 5.73 Å². The van der Waals surface area contributed by atoms with Gasteiger partial charge in [-0.3, -0.25) is 9.69 Å². The van der Waals surface area contributed by atoms with Gasteiger partial charge in [-0.2, -0.15) is 0 Å². The van der Waals surface area contributed by atoms with E-state index in [2.05, 4.69) is 32.6 Å². The molecular formula is C17H34ClN3O3S. The van der Waals surface area contributed by atoms with Crippen LogP contribution < -0.4 is 5.73 Å². The second kappa shape index (κ2) is 8.55. The van der Waals surface area contributed by atoms with Crippen LogP contribution in [0, 0.1) is 11.3 Å². The van der Waals surface area contributed by atoms with Gasteiger partial charge in [-0.25, -0.2) is 8.42 Å². The van der Waals surface area contributed by atoms with E-state index < -0.39 is 9.84 Å². The third kappa shape index (κ3) is 6.08. The SMILES string of the molecule is CC(C)CN(C(=O)CN1CCC(N)C(C)(C)C1)C1CCS(=O)(=O)C1.Cl. The van der Waals surface area contributed by atoms with Crippen molar-refractivity contribution in [1.82, 2.24) is 9.80 Å². The molecule has 0 aromatic rings. The fourth-order valence-electron chi connectivity index (χ4n) is 3.77. The number of piperidine rings is 1. The fraction of sp³-hybridized carbons (Fsp3) is 0.941. The van der Waals surface area contributed by atoms with Crippen molar-refractivity contribution in [2.75, 3.05) is 37.7 Å². The molecule has 2 atom stereocenters. The summed E-state index contributed by atoms with van der Waals surface area (Å²) in [4.78, 5) is 16.9. The minimum Gasteiger partial charge on any atom is -0.337 e. The molecule has 2 unspecified atom stereocenters. The molecule has 0 radical (unpaired) electrons. The van der Waals surface area contributed by atoms with Crippen LogP contribution in [0.3, 0.4) is 0 Å². The third-order valence-corrected chi connectivity index (χ3v) is 7.03. The summed E-state index contributed by atoms with van der Waals surface area (Å²) in [5.74, 6) is 0.688. The van der Waals surface area contributed by atoms with Gasteiger partial charge in [0.05, 0.1) is 18.1 Å². The normalized spacial score (nSPS) is 28.6. The van der Waals surface area contributed by atoms with E-state index in [-0.39, 0.29) is 47.3 Å². The largest absolute Gasteiger partial charge is 0.337 e. The molecule has 2 heterocycles. The second-order valence-corrected chi connectivity index (χ2v) is 10.8. The average Bonchev–Trinajstić information content (AvgIpc) is 2.79. The van der Waals surface area contributed by atoms with Gasteiger partial charge in [0.25, 0.3) is 0 Å². The van der Waals surface area contributed by atoms with Gasteiger partial charge in [0.15, 0.2) is 9.84 Å². The number of likely N-dealkylation sites (tertiary alicyclic amines) is 1. The number of halogens is 1. The highest BCUT2D eigenvalue weighted by molar-refractivity contribution is 7.91. The second-order valence-electron chi connectivity index (χ2n) is 8.59. The van der Waals surface area contributed by atoms with Crippen LogP contribution in [0.15, 0.2) is 0 Å². The summed E-state index contributed by atoms with van der Waals surface area (Å²) in [6.45, 7) is 11.0. The van der Waals surface area contributed by atoms with Crippen LogP contribution in [-0.4, -0.2) is 73.9 Å². The van der Waals surface area contributed by atoms with E-state index in [1.54, 1.807) is 0 Å². The lowest BCUT2D eigenvalue weighted by Crippen LogP contribution is -2.55. The van der Waals surface area contributed by atoms with Crippen molar-refractivity contribution in [3.8, 4) is 0 Å². The highest BCUT2D eigenvalue weighted by Gasteiger charge is 2.37. The summed E-state index contributed by atoms with van der Waals surface area (Å²) >= 11 is 0. The summed E-state index contributed by atoms with van der Waals surface area (Å²) in [7, 11) is -2.99. The van der Waals surface area contributed by atoms with Gasteiger partial charge in [-0.15, -0.1) is 12.4 Å². The molecule has 0 aliphatic carbocycles. The maximum Gasteiger partial charge on any atom is 0.237 e. The smallest absolute Gasteiger partial charge is 0.237 e. The van der Waals surface area contributed by atoms with Gasteiger partial charge in [-0.05, 0) is 24.2 Å². The average molecular weight is 396 g/mol. The van der Waals surface area contributed by atoms with Crippen molar-refractivity contribution in [3.63, 3.8) is 0 Å². The fourth-order valence-corrected chi connectivity index (χ4v) is 5.50. The zero-order valence-electron chi connectivity index (χ0n) is 15.9. The molecule has 6 nitrogen and oxygen atoms in total. The highest BCUT2D eigenvalue weighted by atomic mass is 35.5. The first kappa shape index (κ1) is 22.7. The van der Waals surface area contributed by atoms with Crippen LogP contribution in [0.2, 0.25) is 0 Å². The number of carbonyl (C=O) groups is 1. The van der Waals surface area contributed by atoms with E-state index in [0.717, 1.165) is 19.5 Å². The molecule has 2 rings (SSSR count). The Morgan fingerprint density at radius 3 is 2.44 bits per heavy atom. The summed E-state index contributed by atoms with van der Waals surface area (Å²) in [6.07, 6.45) is 1.46. The molecule has 2 N–H and O–H groups in total. The van der Waals surface area contributed by atoms with Crippen LogP contribution in [0.25, 0.3) is 0 Å². The first-order chi connectivity index (χ1) is 11.0. The third-order valence-electron chi connectivity index (χ3n) is 5.28. The first-order valence-corrected chi connectivity index (χ1v) is 10.8. The number of carbonyl (C=O) groups excluding carboxylic acids is 1. The number of hydrogen-bond acceptors (Lipinski definition) is 5. The first-order valence-electron chi connectivity index (χ1n) is 8.98. The Morgan fingerprint density at radius 1 is 1.32 bits per heavy atom. The zero-order chi connectivity index (χ0) is 18.1. The maximum atomic E-state index is 12.9. The standard InChI is InChI=1S/C17H33N3O3S.ClH/c1-13(2)9-20(14-6-8-24(22,23)11-14)16(21)10-19-7-5-15(18)17(3,4)12-19;/h13-15H,5-12,18H2,1-4H3;1H. The molecule has 148 valence electrons. The quantitative estimate of drug-likeness (QED) is 0.754. The summed E-state index contributed by atoms with van der Waals surface area (Å²) in [5.41, 5.74) is 6.17. The van der Waals surface area contributed by atoms with Crippen molar-refractivity contribution in [3.05, 3.63) is 0 Å². The number of sulfone groups is 1. The number of amides is 1. The van der Waals surface area contributed by atoms with Crippen LogP contribution in [0.5, 0.6) is 0 Å². The Bertz CT molecular complexity index is 565. The molecule has 0 spiro atoms. The van der Waals surface area contributed by atoms with E-state index >= 15 is 0 Å². The monoisotopic (exact) mass is 395 g/mol. The molecule has 2 aliphatic heterocycles. The number of rotatable bonds is 5. The number of nitrogens with zero attached hydrogens (tertiary/aromatic N) is 2. The Morgan fingerprint density at radius 2 is 1.96 bits per heavy atom. The molecule has 2 saturated heterocycles. The molecule has 2 aliphatic rings. The van der Waals surface area contributed by atoms with Crippen LogP contribution >= 0.6 is 12.4 Å². The van der Waals surface area contributed by atoms with Crippen molar-refractivity contribution < 1.29 is 13.2 Å². The van der Waals surface area contributed by atoms with E-state index in [1.807, 2.05) is 4.90 Å². The minimum absolute atomic E-state index is 0. The molecular weight excluding hydrogens is 362 g/mol. The van der Waals surface area contributed by atoms with E-state index in [9.17, 15) is 13.2 Å². The molecule has 2 fully saturated rings. The Balaban J connectivity index is 0.00000312. The van der Waals surface area contributed by atoms with Gasteiger partial charge in [0.1, 0.15) is 0 Å². The molecule has 1 amide bonds. The summed E-state index contributed by atoms with van der Waals surface area (Å²) < 4.78 is 23.6. The van der Waals surface area contributed by atoms with Gasteiger partial charge < -0.3 is 10.6 Å². The van der Waals surface area contributed by atoms with Crippen LogP contribution in [-0.2, 0) is 14.6 Å². The molecule has 8 heteroatoms. The Labute approximate surface area is 158 Å². The molecule has 0 bridgehead atoms.